The Morgan fingerprint density at radius 3 is 2.88 bits per heavy atom. The van der Waals surface area contributed by atoms with Crippen LogP contribution in [0.4, 0.5) is 0 Å². The first kappa shape index (κ1) is 11.6. The number of halogens is 1. The van der Waals surface area contributed by atoms with Crippen LogP contribution in [0.25, 0.3) is 5.69 Å². The van der Waals surface area contributed by atoms with Crippen LogP contribution in [0.2, 0.25) is 5.02 Å². The summed E-state index contributed by atoms with van der Waals surface area (Å²) >= 11 is 6.07. The zero-order valence-electron chi connectivity index (χ0n) is 9.61. The van der Waals surface area contributed by atoms with Gasteiger partial charge in [0.25, 0.3) is 0 Å². The van der Waals surface area contributed by atoms with Gasteiger partial charge in [-0.05, 0) is 31.0 Å². The lowest BCUT2D eigenvalue weighted by molar-refractivity contribution is 0.763. The van der Waals surface area contributed by atoms with Gasteiger partial charge in [0.2, 0.25) is 0 Å². The zero-order valence-corrected chi connectivity index (χ0v) is 10.4. The number of aromatic nitrogens is 3. The maximum Gasteiger partial charge on any atom is 0.186 e. The van der Waals surface area contributed by atoms with E-state index in [9.17, 15) is 0 Å². The fourth-order valence-corrected chi connectivity index (χ4v) is 1.89. The minimum atomic E-state index is 0.367. The molecule has 0 atom stereocenters. The van der Waals surface area contributed by atoms with Crippen LogP contribution in [0.1, 0.15) is 23.9 Å². The molecule has 0 saturated heterocycles. The van der Waals surface area contributed by atoms with Gasteiger partial charge in [0.15, 0.2) is 5.69 Å². The molecule has 5 heteroatoms. The Kier molecular flexibility index (Phi) is 3.12. The van der Waals surface area contributed by atoms with Gasteiger partial charge in [-0.1, -0.05) is 29.8 Å². The van der Waals surface area contributed by atoms with Crippen LogP contribution in [0.15, 0.2) is 18.2 Å². The highest BCUT2D eigenvalue weighted by Crippen LogP contribution is 2.23. The van der Waals surface area contributed by atoms with Crippen molar-refractivity contribution < 1.29 is 0 Å². The van der Waals surface area contributed by atoms with Gasteiger partial charge in [0.05, 0.1) is 11.4 Å². The van der Waals surface area contributed by atoms with Crippen molar-refractivity contribution >= 4 is 11.6 Å². The number of nitrogens with zero attached hydrogens (tertiary/aromatic N) is 4. The van der Waals surface area contributed by atoms with Gasteiger partial charge >= 0.3 is 0 Å². The molecule has 0 aliphatic rings. The summed E-state index contributed by atoms with van der Waals surface area (Å²) in [6.07, 6.45) is 0.696. The van der Waals surface area contributed by atoms with E-state index in [1.807, 2.05) is 38.1 Å². The molecular formula is C12H11ClN4. The lowest BCUT2D eigenvalue weighted by atomic mass is 10.2. The van der Waals surface area contributed by atoms with Crippen LogP contribution in [-0.4, -0.2) is 15.0 Å². The van der Waals surface area contributed by atoms with Crippen LogP contribution >= 0.6 is 11.6 Å². The van der Waals surface area contributed by atoms with Gasteiger partial charge in [0.1, 0.15) is 6.07 Å². The summed E-state index contributed by atoms with van der Waals surface area (Å²) in [6.45, 7) is 3.89. The predicted molar refractivity (Wildman–Crippen MR) is 65.2 cm³/mol. The molecule has 0 N–H and O–H groups in total. The van der Waals surface area contributed by atoms with E-state index in [-0.39, 0.29) is 0 Å². The van der Waals surface area contributed by atoms with Crippen molar-refractivity contribution in [3.8, 4) is 11.8 Å². The number of benzene rings is 1. The summed E-state index contributed by atoms with van der Waals surface area (Å²) in [7, 11) is 0. The highest BCUT2D eigenvalue weighted by atomic mass is 35.5. The van der Waals surface area contributed by atoms with Crippen molar-refractivity contribution in [3.63, 3.8) is 0 Å². The quantitative estimate of drug-likeness (QED) is 0.819. The second kappa shape index (κ2) is 4.56. The predicted octanol–water partition coefficient (Wildman–Crippen LogP) is 2.66. The van der Waals surface area contributed by atoms with Crippen LogP contribution in [0.5, 0.6) is 0 Å². The van der Waals surface area contributed by atoms with E-state index in [0.717, 1.165) is 16.9 Å². The third kappa shape index (κ3) is 1.90. The molecule has 1 aromatic heterocycles. The molecule has 0 bridgehead atoms. The Balaban J connectivity index is 2.65. The second-order valence-corrected chi connectivity index (χ2v) is 4.05. The van der Waals surface area contributed by atoms with Crippen molar-refractivity contribution in [2.45, 2.75) is 20.3 Å². The largest absolute Gasteiger partial charge is 0.216 e. The monoisotopic (exact) mass is 246 g/mol. The first-order valence-electron chi connectivity index (χ1n) is 5.29. The van der Waals surface area contributed by atoms with Crippen molar-refractivity contribution in [1.82, 2.24) is 15.0 Å². The summed E-state index contributed by atoms with van der Waals surface area (Å²) < 4.78 is 1.68. The molecule has 0 spiro atoms. The van der Waals surface area contributed by atoms with Gasteiger partial charge in [0, 0.05) is 5.02 Å². The lowest BCUT2D eigenvalue weighted by Gasteiger charge is -2.09. The molecular weight excluding hydrogens is 236 g/mol. The Morgan fingerprint density at radius 2 is 2.24 bits per heavy atom. The van der Waals surface area contributed by atoms with Crippen molar-refractivity contribution in [1.29, 1.82) is 5.26 Å². The normalized spacial score (nSPS) is 10.2. The minimum absolute atomic E-state index is 0.367. The average molecular weight is 247 g/mol. The van der Waals surface area contributed by atoms with E-state index in [0.29, 0.717) is 17.1 Å². The van der Waals surface area contributed by atoms with Crippen molar-refractivity contribution in [2.75, 3.05) is 0 Å². The number of hydrogen-bond donors (Lipinski definition) is 0. The topological polar surface area (TPSA) is 54.5 Å². The molecule has 2 rings (SSSR count). The minimum Gasteiger partial charge on any atom is -0.216 e. The summed E-state index contributed by atoms with van der Waals surface area (Å²) in [4.78, 5) is 0. The molecule has 1 heterocycles. The van der Waals surface area contributed by atoms with Gasteiger partial charge in [-0.25, -0.2) is 4.68 Å². The Morgan fingerprint density at radius 1 is 1.47 bits per heavy atom. The summed E-state index contributed by atoms with van der Waals surface area (Å²) in [5.41, 5.74) is 2.96. The van der Waals surface area contributed by atoms with E-state index in [2.05, 4.69) is 10.3 Å². The Hall–Kier alpha value is -1.86. The SMILES string of the molecule is CCc1c(C#N)nnn1-c1cccc(Cl)c1C. The van der Waals surface area contributed by atoms with Crippen molar-refractivity contribution in [3.05, 3.63) is 40.2 Å². The highest BCUT2D eigenvalue weighted by molar-refractivity contribution is 6.31. The molecule has 86 valence electrons. The fraction of sp³-hybridized carbons (Fsp3) is 0.250. The van der Waals surface area contributed by atoms with Crippen LogP contribution in [-0.2, 0) is 6.42 Å². The molecule has 0 radical (unpaired) electrons. The fourth-order valence-electron chi connectivity index (χ4n) is 1.72. The highest BCUT2D eigenvalue weighted by Gasteiger charge is 2.14. The lowest BCUT2D eigenvalue weighted by Crippen LogP contribution is -2.04. The molecule has 0 saturated carbocycles. The standard InChI is InChI=1S/C12H11ClN4/c1-3-11-10(7-14)15-16-17(11)12-6-4-5-9(13)8(12)2/h4-6H,3H2,1-2H3. The van der Waals surface area contributed by atoms with E-state index in [1.54, 1.807) is 4.68 Å². The zero-order chi connectivity index (χ0) is 12.4. The molecule has 0 fully saturated rings. The van der Waals surface area contributed by atoms with Gasteiger partial charge in [-0.15, -0.1) is 5.10 Å². The second-order valence-electron chi connectivity index (χ2n) is 3.65. The van der Waals surface area contributed by atoms with Crippen LogP contribution in [0.3, 0.4) is 0 Å². The van der Waals surface area contributed by atoms with E-state index >= 15 is 0 Å². The molecule has 0 aliphatic heterocycles. The number of hydrogen-bond acceptors (Lipinski definition) is 3. The maximum atomic E-state index is 8.94. The summed E-state index contributed by atoms with van der Waals surface area (Å²) in [5, 5.41) is 17.5. The molecule has 1 aromatic carbocycles. The van der Waals surface area contributed by atoms with E-state index in [4.69, 9.17) is 16.9 Å². The molecule has 0 aliphatic carbocycles. The van der Waals surface area contributed by atoms with E-state index < -0.39 is 0 Å². The summed E-state index contributed by atoms with van der Waals surface area (Å²) in [5.74, 6) is 0. The third-order valence-corrected chi connectivity index (χ3v) is 3.08. The van der Waals surface area contributed by atoms with Crippen LogP contribution < -0.4 is 0 Å². The Bertz CT molecular complexity index is 595. The first-order valence-corrected chi connectivity index (χ1v) is 5.67. The maximum absolute atomic E-state index is 8.94. The molecule has 17 heavy (non-hydrogen) atoms. The van der Waals surface area contributed by atoms with Crippen LogP contribution in [0, 0.1) is 18.3 Å². The molecule has 2 aromatic rings. The Labute approximate surface area is 104 Å². The molecule has 4 nitrogen and oxygen atoms in total. The van der Waals surface area contributed by atoms with Gasteiger partial charge < -0.3 is 0 Å². The molecule has 0 unspecified atom stereocenters. The smallest absolute Gasteiger partial charge is 0.186 e. The third-order valence-electron chi connectivity index (χ3n) is 2.67. The van der Waals surface area contributed by atoms with Gasteiger partial charge in [-0.2, -0.15) is 5.26 Å². The van der Waals surface area contributed by atoms with E-state index in [1.165, 1.54) is 0 Å². The summed E-state index contributed by atoms with van der Waals surface area (Å²) in [6, 6.07) is 7.64. The average Bonchev–Trinajstić information content (AvgIpc) is 2.75. The van der Waals surface area contributed by atoms with Gasteiger partial charge in [-0.3, -0.25) is 0 Å². The van der Waals surface area contributed by atoms with Crippen molar-refractivity contribution in [2.24, 2.45) is 0 Å². The molecule has 0 amide bonds. The number of rotatable bonds is 2. The number of nitriles is 1. The first-order chi connectivity index (χ1) is 8.19.